The van der Waals surface area contributed by atoms with Crippen molar-refractivity contribution in [1.82, 2.24) is 9.29 Å². The van der Waals surface area contributed by atoms with Crippen molar-refractivity contribution in [2.75, 3.05) is 0 Å². The summed E-state index contributed by atoms with van der Waals surface area (Å²) in [6.07, 6.45) is -5.09. The Kier molecular flexibility index (Phi) is 7.03. The van der Waals surface area contributed by atoms with Gasteiger partial charge in [0.1, 0.15) is 7.85 Å². The van der Waals surface area contributed by atoms with Gasteiger partial charge >= 0.3 is 6.18 Å². The van der Waals surface area contributed by atoms with Crippen LogP contribution in [0.2, 0.25) is 0 Å². The molecule has 37 heavy (non-hydrogen) atoms. The second-order valence-corrected chi connectivity index (χ2v) is 12.8. The number of nitrogens with zero attached hydrogens (tertiary/aromatic N) is 1. The van der Waals surface area contributed by atoms with Crippen LogP contribution in [0.15, 0.2) is 48.7 Å². The summed E-state index contributed by atoms with van der Waals surface area (Å²) in [4.78, 5) is 0. The van der Waals surface area contributed by atoms with E-state index in [1.54, 1.807) is 4.57 Å². The predicted molar refractivity (Wildman–Crippen MR) is 135 cm³/mol. The van der Waals surface area contributed by atoms with Crippen molar-refractivity contribution in [2.45, 2.75) is 69.9 Å². The van der Waals surface area contributed by atoms with Crippen LogP contribution < -0.4 is 4.72 Å². The monoisotopic (exact) mass is 538 g/mol. The van der Waals surface area contributed by atoms with Gasteiger partial charge in [0.15, 0.2) is 0 Å². The van der Waals surface area contributed by atoms with E-state index in [0.29, 0.717) is 31.3 Å². The molecule has 3 aromatic rings. The van der Waals surface area contributed by atoms with Gasteiger partial charge in [-0.15, -0.1) is 0 Å². The van der Waals surface area contributed by atoms with Gasteiger partial charge in [-0.1, -0.05) is 57.5 Å². The van der Waals surface area contributed by atoms with E-state index >= 15 is 0 Å². The molecule has 0 saturated heterocycles. The molecule has 1 atom stereocenters. The van der Waals surface area contributed by atoms with Crippen LogP contribution in [0.3, 0.4) is 0 Å². The molecule has 0 unspecified atom stereocenters. The predicted octanol–water partition coefficient (Wildman–Crippen LogP) is 6.43. The highest BCUT2D eigenvalue weighted by Gasteiger charge is 2.45. The smallest absolute Gasteiger partial charge is 0.347 e. The molecular formula is C26H28BF5N2O2S. The second kappa shape index (κ2) is 9.41. The lowest BCUT2D eigenvalue weighted by Gasteiger charge is -2.34. The molecule has 1 aromatic heterocycles. The topological polar surface area (TPSA) is 51.1 Å². The molecule has 1 N–H and O–H groups in total. The molecule has 1 aliphatic carbocycles. The Bertz CT molecular complexity index is 1410. The molecule has 11 heteroatoms. The average Bonchev–Trinajstić information content (AvgIpc) is 3.07. The van der Waals surface area contributed by atoms with E-state index in [-0.39, 0.29) is 27.5 Å². The van der Waals surface area contributed by atoms with E-state index in [0.717, 1.165) is 6.07 Å². The van der Waals surface area contributed by atoms with Gasteiger partial charge in [0.05, 0.1) is 16.3 Å². The summed E-state index contributed by atoms with van der Waals surface area (Å²) in [5.41, 5.74) is -3.45. The maximum absolute atomic E-state index is 14.5. The molecule has 2 aromatic carbocycles. The number of hydrogen-bond donors (Lipinski definition) is 1. The summed E-state index contributed by atoms with van der Waals surface area (Å²) in [7, 11) is 2.00. The fourth-order valence-corrected chi connectivity index (χ4v) is 6.42. The van der Waals surface area contributed by atoms with E-state index in [9.17, 15) is 30.4 Å². The van der Waals surface area contributed by atoms with Gasteiger partial charge in [-0.2, -0.15) is 13.2 Å². The first-order chi connectivity index (χ1) is 17.0. The first-order valence-corrected chi connectivity index (χ1v) is 13.5. The minimum absolute atomic E-state index is 0.0551. The Balaban J connectivity index is 1.92. The van der Waals surface area contributed by atoms with Gasteiger partial charge in [0, 0.05) is 23.6 Å². The fourth-order valence-electron chi connectivity index (χ4n) is 4.63. The molecule has 198 valence electrons. The molecule has 1 saturated carbocycles. The van der Waals surface area contributed by atoms with Crippen molar-refractivity contribution >= 4 is 28.8 Å². The number of halogens is 5. The van der Waals surface area contributed by atoms with E-state index in [1.807, 2.05) is 20.8 Å². The highest BCUT2D eigenvalue weighted by Crippen LogP contribution is 2.41. The van der Waals surface area contributed by atoms with E-state index in [4.69, 9.17) is 7.85 Å². The molecule has 0 aliphatic heterocycles. The largest absolute Gasteiger partial charge is 0.417 e. The highest BCUT2D eigenvalue weighted by molar-refractivity contribution is 7.90. The molecule has 1 fully saturated rings. The summed E-state index contributed by atoms with van der Waals surface area (Å²) in [6, 6.07) is 9.45. The molecule has 0 amide bonds. The normalized spacial score (nSPS) is 17.2. The molecule has 1 heterocycles. The highest BCUT2D eigenvalue weighted by atomic mass is 32.2. The number of alkyl halides is 5. The quantitative estimate of drug-likeness (QED) is 0.279. The standard InChI is InChI=1S/C26H28BF5N2O2S/c1-24(2,3)15-34-14-21(25(27,23(28)29)33-37(35,36)17-7-6-8-17)19-12-11-16(13-22(19)34)18-9-4-5-10-20(18)26(30,31)32/h4-5,9-14,17,23,33H,6-8,15H2,1-3H3/t25-/m0/s1. The number of rotatable bonds is 7. The summed E-state index contributed by atoms with van der Waals surface area (Å²) >= 11 is 0. The van der Waals surface area contributed by atoms with Gasteiger partial charge in [-0.3, -0.25) is 0 Å². The van der Waals surface area contributed by atoms with Crippen LogP contribution in [0.4, 0.5) is 22.0 Å². The van der Waals surface area contributed by atoms with Crippen LogP contribution in [-0.2, 0) is 28.2 Å². The van der Waals surface area contributed by atoms with Gasteiger partial charge in [0.25, 0.3) is 6.43 Å². The van der Waals surface area contributed by atoms with E-state index in [1.165, 1.54) is 42.6 Å². The number of sulfonamides is 1. The molecular weight excluding hydrogens is 510 g/mol. The molecule has 4 nitrogen and oxygen atoms in total. The fraction of sp³-hybridized carbons (Fsp3) is 0.462. The number of benzene rings is 2. The van der Waals surface area contributed by atoms with Crippen molar-refractivity contribution in [3.63, 3.8) is 0 Å². The van der Waals surface area contributed by atoms with Crippen molar-refractivity contribution in [1.29, 1.82) is 0 Å². The van der Waals surface area contributed by atoms with Crippen LogP contribution in [0, 0.1) is 5.41 Å². The maximum atomic E-state index is 14.5. The van der Waals surface area contributed by atoms with E-state index in [2.05, 4.69) is 4.72 Å². The second-order valence-electron chi connectivity index (χ2n) is 10.9. The van der Waals surface area contributed by atoms with Crippen molar-refractivity contribution in [3.8, 4) is 11.1 Å². The van der Waals surface area contributed by atoms with Crippen LogP contribution in [0.1, 0.15) is 51.2 Å². The molecule has 4 rings (SSSR count). The third kappa shape index (κ3) is 5.43. The maximum Gasteiger partial charge on any atom is 0.417 e. The lowest BCUT2D eigenvalue weighted by atomic mass is 9.73. The van der Waals surface area contributed by atoms with Gasteiger partial charge in [-0.25, -0.2) is 21.9 Å². The van der Waals surface area contributed by atoms with Gasteiger partial charge < -0.3 is 4.57 Å². The lowest BCUT2D eigenvalue weighted by molar-refractivity contribution is -0.137. The number of nitrogens with one attached hydrogen (secondary N) is 1. The zero-order chi connectivity index (χ0) is 27.4. The lowest BCUT2D eigenvalue weighted by Crippen LogP contribution is -2.55. The van der Waals surface area contributed by atoms with Crippen molar-refractivity contribution < 1.29 is 30.4 Å². The Hall–Kier alpha value is -2.40. The first-order valence-electron chi connectivity index (χ1n) is 11.9. The number of aromatic nitrogens is 1. The summed E-state index contributed by atoms with van der Waals surface area (Å²) < 4.78 is 99.4. The van der Waals surface area contributed by atoms with Crippen molar-refractivity contribution in [3.05, 3.63) is 59.8 Å². The Morgan fingerprint density at radius 2 is 1.70 bits per heavy atom. The SMILES string of the molecule is [B][C@](NS(=O)(=O)C1CCC1)(c1cn(CC(C)(C)C)c2cc(-c3ccccc3C(F)(F)F)ccc12)C(F)F. The third-order valence-electron chi connectivity index (χ3n) is 6.66. The van der Waals surface area contributed by atoms with Crippen LogP contribution in [-0.4, -0.2) is 32.5 Å². The summed E-state index contributed by atoms with van der Waals surface area (Å²) in [5, 5.41) is -0.556. The first kappa shape index (κ1) is 27.6. The molecule has 0 spiro atoms. The number of fused-ring (bicyclic) bond motifs is 1. The van der Waals surface area contributed by atoms with Crippen LogP contribution in [0.5, 0.6) is 0 Å². The molecule has 1 aliphatic rings. The average molecular weight is 538 g/mol. The van der Waals surface area contributed by atoms with Gasteiger partial charge in [0.2, 0.25) is 10.0 Å². The van der Waals surface area contributed by atoms with E-state index < -0.39 is 38.9 Å². The number of hydrogen-bond acceptors (Lipinski definition) is 2. The molecule has 2 radical (unpaired) electrons. The summed E-state index contributed by atoms with van der Waals surface area (Å²) in [5.74, 6) is 0. The van der Waals surface area contributed by atoms with Gasteiger partial charge in [-0.05, 0) is 47.1 Å². The minimum atomic E-state index is -4.59. The Morgan fingerprint density at radius 3 is 2.24 bits per heavy atom. The van der Waals surface area contributed by atoms with Crippen molar-refractivity contribution in [2.24, 2.45) is 5.41 Å². The third-order valence-corrected chi connectivity index (χ3v) is 8.63. The zero-order valence-electron chi connectivity index (χ0n) is 20.7. The minimum Gasteiger partial charge on any atom is -0.347 e. The Labute approximate surface area is 214 Å². The summed E-state index contributed by atoms with van der Waals surface area (Å²) in [6.45, 7) is 6.08. The van der Waals surface area contributed by atoms with Crippen LogP contribution >= 0.6 is 0 Å². The zero-order valence-corrected chi connectivity index (χ0v) is 21.6. The van der Waals surface area contributed by atoms with Crippen LogP contribution in [0.25, 0.3) is 22.0 Å². The molecule has 0 bridgehead atoms. The Morgan fingerprint density at radius 1 is 1.05 bits per heavy atom.